The minimum Gasteiger partial charge on any atom is -0.484 e. The highest BCUT2D eigenvalue weighted by molar-refractivity contribution is 7.89. The van der Waals surface area contributed by atoms with Crippen molar-refractivity contribution in [2.24, 2.45) is 0 Å². The van der Waals surface area contributed by atoms with Crippen molar-refractivity contribution in [3.05, 3.63) is 59.4 Å². The fourth-order valence-corrected chi connectivity index (χ4v) is 4.62. The van der Waals surface area contributed by atoms with E-state index >= 15 is 0 Å². The molecule has 3 rings (SSSR count). The van der Waals surface area contributed by atoms with Gasteiger partial charge in [0.1, 0.15) is 11.6 Å². The molecule has 1 fully saturated rings. The second-order valence-corrected chi connectivity index (χ2v) is 8.67. The molecule has 6 nitrogen and oxygen atoms in total. The molecule has 150 valence electrons. The first-order valence-corrected chi connectivity index (χ1v) is 10.5. The van der Waals surface area contributed by atoms with E-state index in [9.17, 15) is 17.6 Å². The highest BCUT2D eigenvalue weighted by Gasteiger charge is 2.27. The minimum atomic E-state index is -3.48. The van der Waals surface area contributed by atoms with E-state index in [1.807, 2.05) is 0 Å². The molecule has 0 aromatic heterocycles. The first-order chi connectivity index (χ1) is 13.4. The number of hydrogen-bond acceptors (Lipinski definition) is 4. The van der Waals surface area contributed by atoms with Crippen LogP contribution < -0.4 is 10.1 Å². The smallest absolute Gasteiger partial charge is 0.258 e. The molecular formula is C20H23FN2O4S. The van der Waals surface area contributed by atoms with Gasteiger partial charge in [-0.3, -0.25) is 4.79 Å². The zero-order chi connectivity index (χ0) is 20.1. The molecule has 0 unspecified atom stereocenters. The molecule has 1 aliphatic heterocycles. The van der Waals surface area contributed by atoms with Gasteiger partial charge in [-0.15, -0.1) is 0 Å². The van der Waals surface area contributed by atoms with Crippen LogP contribution in [-0.2, 0) is 21.4 Å². The quantitative estimate of drug-likeness (QED) is 0.767. The fourth-order valence-electron chi connectivity index (χ4n) is 3.02. The van der Waals surface area contributed by atoms with Crippen LogP contribution in [0, 0.1) is 12.7 Å². The molecular weight excluding hydrogens is 383 g/mol. The lowest BCUT2D eigenvalue weighted by molar-refractivity contribution is -0.123. The van der Waals surface area contributed by atoms with Gasteiger partial charge in [0.15, 0.2) is 6.61 Å². The van der Waals surface area contributed by atoms with Crippen molar-refractivity contribution in [2.45, 2.75) is 31.2 Å². The topological polar surface area (TPSA) is 75.7 Å². The zero-order valence-electron chi connectivity index (χ0n) is 15.7. The highest BCUT2D eigenvalue weighted by atomic mass is 32.2. The van der Waals surface area contributed by atoms with Crippen LogP contribution in [0.5, 0.6) is 5.75 Å². The lowest BCUT2D eigenvalue weighted by atomic mass is 10.2. The van der Waals surface area contributed by atoms with E-state index in [0.717, 1.165) is 18.4 Å². The van der Waals surface area contributed by atoms with Crippen LogP contribution in [0.3, 0.4) is 0 Å². The Kier molecular flexibility index (Phi) is 6.31. The standard InChI is InChI=1S/C20H23FN2O4S/c1-15-12-18(28(25,26)23-10-2-3-11-23)8-9-19(15)27-14-20(24)22-13-16-4-6-17(21)7-5-16/h4-9,12H,2-3,10-11,13-14H2,1H3,(H,22,24). The molecule has 0 spiro atoms. The molecule has 1 saturated heterocycles. The van der Waals surface area contributed by atoms with Crippen LogP contribution in [0.4, 0.5) is 4.39 Å². The first-order valence-electron chi connectivity index (χ1n) is 9.11. The third-order valence-electron chi connectivity index (χ3n) is 4.61. The van der Waals surface area contributed by atoms with Crippen LogP contribution in [0.25, 0.3) is 0 Å². The highest BCUT2D eigenvalue weighted by Crippen LogP contribution is 2.26. The van der Waals surface area contributed by atoms with Crippen LogP contribution in [0.15, 0.2) is 47.4 Å². The molecule has 8 heteroatoms. The van der Waals surface area contributed by atoms with Crippen molar-refractivity contribution in [1.29, 1.82) is 0 Å². The minimum absolute atomic E-state index is 0.194. The number of sulfonamides is 1. The summed E-state index contributed by atoms with van der Waals surface area (Å²) < 4.78 is 45.1. The maximum Gasteiger partial charge on any atom is 0.258 e. The summed E-state index contributed by atoms with van der Waals surface area (Å²) >= 11 is 0. The van der Waals surface area contributed by atoms with Crippen molar-refractivity contribution >= 4 is 15.9 Å². The Bertz CT molecular complexity index is 939. The summed E-state index contributed by atoms with van der Waals surface area (Å²) in [4.78, 5) is 12.2. The summed E-state index contributed by atoms with van der Waals surface area (Å²) in [6.45, 7) is 2.92. The Morgan fingerprint density at radius 3 is 2.46 bits per heavy atom. The van der Waals surface area contributed by atoms with Gasteiger partial charge in [0, 0.05) is 19.6 Å². The molecule has 2 aromatic rings. The summed E-state index contributed by atoms with van der Waals surface area (Å²) in [6, 6.07) is 10.5. The Balaban J connectivity index is 1.55. The van der Waals surface area contributed by atoms with Gasteiger partial charge in [-0.1, -0.05) is 12.1 Å². The van der Waals surface area contributed by atoms with E-state index in [1.165, 1.54) is 22.5 Å². The van der Waals surface area contributed by atoms with Gasteiger partial charge < -0.3 is 10.1 Å². The third kappa shape index (κ3) is 4.88. The summed E-state index contributed by atoms with van der Waals surface area (Å²) in [7, 11) is -3.48. The average molecular weight is 406 g/mol. The number of nitrogens with one attached hydrogen (secondary N) is 1. The summed E-state index contributed by atoms with van der Waals surface area (Å²) in [5, 5.41) is 2.69. The molecule has 1 aliphatic rings. The van der Waals surface area contributed by atoms with Crippen LogP contribution in [0.2, 0.25) is 0 Å². The SMILES string of the molecule is Cc1cc(S(=O)(=O)N2CCCC2)ccc1OCC(=O)NCc1ccc(F)cc1. The van der Waals surface area contributed by atoms with Crippen LogP contribution >= 0.6 is 0 Å². The largest absolute Gasteiger partial charge is 0.484 e. The number of carbonyl (C=O) groups is 1. The van der Waals surface area contributed by atoms with Gasteiger partial charge in [-0.25, -0.2) is 12.8 Å². The molecule has 0 atom stereocenters. The van der Waals surface area contributed by atoms with Crippen LogP contribution in [0.1, 0.15) is 24.0 Å². The molecule has 28 heavy (non-hydrogen) atoms. The predicted molar refractivity (Wildman–Crippen MR) is 103 cm³/mol. The number of rotatable bonds is 7. The predicted octanol–water partition coefficient (Wildman–Crippen LogP) is 2.61. The van der Waals surface area contributed by atoms with Gasteiger partial charge in [0.05, 0.1) is 4.90 Å². The number of carbonyl (C=O) groups excluding carboxylic acids is 1. The summed E-state index contributed by atoms with van der Waals surface area (Å²) in [6.07, 6.45) is 1.76. The van der Waals surface area contributed by atoms with E-state index in [4.69, 9.17) is 4.74 Å². The van der Waals surface area contributed by atoms with Crippen molar-refractivity contribution in [3.8, 4) is 5.75 Å². The summed E-state index contributed by atoms with van der Waals surface area (Å²) in [5.41, 5.74) is 1.43. The monoisotopic (exact) mass is 406 g/mol. The Labute approximate surface area is 164 Å². The number of nitrogens with zero attached hydrogens (tertiary/aromatic N) is 1. The fraction of sp³-hybridized carbons (Fsp3) is 0.350. The van der Waals surface area contributed by atoms with Crippen LogP contribution in [-0.4, -0.2) is 38.3 Å². The molecule has 1 amide bonds. The normalized spacial score (nSPS) is 14.8. The molecule has 1 heterocycles. The number of hydrogen-bond donors (Lipinski definition) is 1. The molecule has 1 N–H and O–H groups in total. The number of halogens is 1. The van der Waals surface area contributed by atoms with E-state index in [1.54, 1.807) is 31.2 Å². The second kappa shape index (κ2) is 8.70. The Morgan fingerprint density at radius 2 is 1.82 bits per heavy atom. The molecule has 0 bridgehead atoms. The summed E-state index contributed by atoms with van der Waals surface area (Å²) in [5.74, 6) is -0.195. The number of aryl methyl sites for hydroxylation is 1. The van der Waals surface area contributed by atoms with E-state index < -0.39 is 10.0 Å². The lowest BCUT2D eigenvalue weighted by Gasteiger charge is -2.17. The number of ether oxygens (including phenoxy) is 1. The van der Waals surface area contributed by atoms with Crippen molar-refractivity contribution < 1.29 is 22.3 Å². The molecule has 0 aliphatic carbocycles. The van der Waals surface area contributed by atoms with Gasteiger partial charge >= 0.3 is 0 Å². The van der Waals surface area contributed by atoms with E-state index in [0.29, 0.717) is 24.4 Å². The third-order valence-corrected chi connectivity index (χ3v) is 6.51. The molecule has 0 radical (unpaired) electrons. The second-order valence-electron chi connectivity index (χ2n) is 6.73. The van der Waals surface area contributed by atoms with Gasteiger partial charge in [-0.05, 0) is 61.2 Å². The zero-order valence-corrected chi connectivity index (χ0v) is 16.5. The van der Waals surface area contributed by atoms with Crippen molar-refractivity contribution in [2.75, 3.05) is 19.7 Å². The molecule has 0 saturated carbocycles. The number of amides is 1. The van der Waals surface area contributed by atoms with Gasteiger partial charge in [-0.2, -0.15) is 4.31 Å². The average Bonchev–Trinajstić information content (AvgIpc) is 3.22. The van der Waals surface area contributed by atoms with E-state index in [-0.39, 0.29) is 29.8 Å². The Morgan fingerprint density at radius 1 is 1.14 bits per heavy atom. The van der Waals surface area contributed by atoms with Gasteiger partial charge in [0.25, 0.3) is 5.91 Å². The maximum absolute atomic E-state index is 12.9. The first kappa shape index (κ1) is 20.3. The van der Waals surface area contributed by atoms with Crippen molar-refractivity contribution in [1.82, 2.24) is 9.62 Å². The van der Waals surface area contributed by atoms with Crippen molar-refractivity contribution in [3.63, 3.8) is 0 Å². The molecule has 2 aromatic carbocycles. The lowest BCUT2D eigenvalue weighted by Crippen LogP contribution is -2.29. The maximum atomic E-state index is 12.9. The number of benzene rings is 2. The van der Waals surface area contributed by atoms with E-state index in [2.05, 4.69) is 5.32 Å². The Hall–Kier alpha value is -2.45. The van der Waals surface area contributed by atoms with Gasteiger partial charge in [0.2, 0.25) is 10.0 Å².